The third-order valence-electron chi connectivity index (χ3n) is 3.59. The van der Waals surface area contributed by atoms with Crippen molar-refractivity contribution >= 4 is 0 Å². The maximum atomic E-state index is 13.8. The first-order valence-corrected chi connectivity index (χ1v) is 6.90. The fourth-order valence-corrected chi connectivity index (χ4v) is 2.16. The number of rotatable bonds is 6. The second-order valence-electron chi connectivity index (χ2n) is 5.17. The van der Waals surface area contributed by atoms with Crippen LogP contribution in [0.5, 0.6) is 5.75 Å². The lowest BCUT2D eigenvalue weighted by molar-refractivity contribution is 0.161. The van der Waals surface area contributed by atoms with E-state index in [1.165, 1.54) is 0 Å². The van der Waals surface area contributed by atoms with Crippen LogP contribution in [0, 0.1) is 12.7 Å². The van der Waals surface area contributed by atoms with Crippen LogP contribution in [0.1, 0.15) is 17.5 Å². The Morgan fingerprint density at radius 3 is 2.52 bits per heavy atom. The quantitative estimate of drug-likeness (QED) is 0.859. The Morgan fingerprint density at radius 2 is 1.86 bits per heavy atom. The number of benzene rings is 2. The third-order valence-corrected chi connectivity index (χ3v) is 3.59. The van der Waals surface area contributed by atoms with E-state index in [-0.39, 0.29) is 24.8 Å². The minimum Gasteiger partial charge on any atom is -0.490 e. The molecule has 0 fully saturated rings. The highest BCUT2D eigenvalue weighted by Gasteiger charge is 2.26. The summed E-state index contributed by atoms with van der Waals surface area (Å²) in [6.45, 7) is 1.72. The molecular formula is C17H20FNO2. The van der Waals surface area contributed by atoms with Crippen molar-refractivity contribution in [3.8, 4) is 5.75 Å². The zero-order chi connectivity index (χ0) is 15.3. The van der Waals surface area contributed by atoms with E-state index in [1.54, 1.807) is 25.1 Å². The molecule has 0 saturated carbocycles. The molecule has 0 bridgehead atoms. The lowest BCUT2D eigenvalue weighted by Crippen LogP contribution is -2.41. The molecule has 0 aliphatic rings. The molecule has 0 aliphatic carbocycles. The molecule has 3 nitrogen and oxygen atoms in total. The molecule has 0 radical (unpaired) electrons. The summed E-state index contributed by atoms with van der Waals surface area (Å²) in [5.41, 5.74) is 6.71. The van der Waals surface area contributed by atoms with E-state index >= 15 is 0 Å². The average Bonchev–Trinajstić information content (AvgIpc) is 2.52. The van der Waals surface area contributed by atoms with E-state index in [4.69, 9.17) is 10.5 Å². The Balaban J connectivity index is 2.03. The summed E-state index contributed by atoms with van der Waals surface area (Å²) in [6, 6.07) is 14.4. The van der Waals surface area contributed by atoms with Crippen molar-refractivity contribution in [1.82, 2.24) is 0 Å². The lowest BCUT2D eigenvalue weighted by atomic mass is 9.89. The zero-order valence-electron chi connectivity index (χ0n) is 12.1. The predicted molar refractivity (Wildman–Crippen MR) is 80.6 cm³/mol. The molecule has 0 amide bonds. The van der Waals surface area contributed by atoms with E-state index in [1.807, 2.05) is 30.3 Å². The summed E-state index contributed by atoms with van der Waals surface area (Å²) in [6.07, 6.45) is 0.390. The molecule has 4 heteroatoms. The van der Waals surface area contributed by atoms with Gasteiger partial charge < -0.3 is 15.6 Å². The van der Waals surface area contributed by atoms with Crippen molar-refractivity contribution in [1.29, 1.82) is 0 Å². The van der Waals surface area contributed by atoms with E-state index in [2.05, 4.69) is 0 Å². The molecule has 3 N–H and O–H groups in total. The van der Waals surface area contributed by atoms with Gasteiger partial charge in [0, 0.05) is 6.42 Å². The van der Waals surface area contributed by atoms with Gasteiger partial charge >= 0.3 is 0 Å². The van der Waals surface area contributed by atoms with Crippen molar-refractivity contribution in [3.63, 3.8) is 0 Å². The molecule has 0 saturated heterocycles. The van der Waals surface area contributed by atoms with Gasteiger partial charge in [0.1, 0.15) is 0 Å². The van der Waals surface area contributed by atoms with Crippen LogP contribution in [0.2, 0.25) is 0 Å². The first kappa shape index (κ1) is 15.5. The topological polar surface area (TPSA) is 55.5 Å². The van der Waals surface area contributed by atoms with Crippen LogP contribution < -0.4 is 10.5 Å². The standard InChI is InChI=1S/C17H20FNO2/c1-13-6-5-9-15(16(13)18)21-11-10-17(19,12-20)14-7-3-2-4-8-14/h2-9,20H,10-12,19H2,1H3. The van der Waals surface area contributed by atoms with Crippen LogP contribution in [-0.4, -0.2) is 18.3 Å². The monoisotopic (exact) mass is 289 g/mol. The minimum atomic E-state index is -0.887. The highest BCUT2D eigenvalue weighted by molar-refractivity contribution is 5.30. The highest BCUT2D eigenvalue weighted by Crippen LogP contribution is 2.24. The van der Waals surface area contributed by atoms with Crippen molar-refractivity contribution in [2.45, 2.75) is 18.9 Å². The first-order valence-electron chi connectivity index (χ1n) is 6.90. The van der Waals surface area contributed by atoms with Gasteiger partial charge in [0.25, 0.3) is 0 Å². The number of halogens is 1. The molecule has 21 heavy (non-hydrogen) atoms. The Bertz CT molecular complexity index is 589. The van der Waals surface area contributed by atoms with E-state index in [0.717, 1.165) is 5.56 Å². The molecule has 2 aromatic carbocycles. The van der Waals surface area contributed by atoms with Crippen LogP contribution in [0.4, 0.5) is 4.39 Å². The number of hydrogen-bond donors (Lipinski definition) is 2. The Hall–Kier alpha value is -1.91. The third kappa shape index (κ3) is 3.60. The van der Waals surface area contributed by atoms with E-state index in [0.29, 0.717) is 12.0 Å². The zero-order valence-corrected chi connectivity index (χ0v) is 12.1. The summed E-state index contributed by atoms with van der Waals surface area (Å²) >= 11 is 0. The normalized spacial score (nSPS) is 13.7. The van der Waals surface area contributed by atoms with Crippen LogP contribution in [0.25, 0.3) is 0 Å². The van der Waals surface area contributed by atoms with Gasteiger partial charge in [0.2, 0.25) is 0 Å². The number of ether oxygens (including phenoxy) is 1. The van der Waals surface area contributed by atoms with Gasteiger partial charge in [-0.1, -0.05) is 42.5 Å². The van der Waals surface area contributed by atoms with Crippen LogP contribution in [-0.2, 0) is 5.54 Å². The molecule has 0 heterocycles. The Morgan fingerprint density at radius 1 is 1.14 bits per heavy atom. The van der Waals surface area contributed by atoms with Gasteiger partial charge in [0.15, 0.2) is 11.6 Å². The number of aliphatic hydroxyl groups is 1. The van der Waals surface area contributed by atoms with Gasteiger partial charge in [0.05, 0.1) is 18.8 Å². The second kappa shape index (κ2) is 6.70. The lowest BCUT2D eigenvalue weighted by Gasteiger charge is -2.27. The molecule has 2 rings (SSSR count). The molecule has 112 valence electrons. The SMILES string of the molecule is Cc1cccc(OCCC(N)(CO)c2ccccc2)c1F. The van der Waals surface area contributed by atoms with Crippen LogP contribution in [0.3, 0.4) is 0 Å². The maximum absolute atomic E-state index is 13.8. The van der Waals surface area contributed by atoms with Gasteiger partial charge in [-0.2, -0.15) is 0 Å². The maximum Gasteiger partial charge on any atom is 0.167 e. The van der Waals surface area contributed by atoms with Crippen molar-refractivity contribution in [2.24, 2.45) is 5.73 Å². The average molecular weight is 289 g/mol. The Labute approximate surface area is 124 Å². The van der Waals surface area contributed by atoms with Crippen LogP contribution in [0.15, 0.2) is 48.5 Å². The summed E-state index contributed by atoms with van der Waals surface area (Å²) in [5.74, 6) is -0.146. The van der Waals surface area contributed by atoms with Crippen molar-refractivity contribution < 1.29 is 14.2 Å². The molecule has 0 aromatic heterocycles. The summed E-state index contributed by atoms with van der Waals surface area (Å²) in [5, 5.41) is 9.58. The fraction of sp³-hybridized carbons (Fsp3) is 0.294. The first-order chi connectivity index (χ1) is 10.1. The predicted octanol–water partition coefficient (Wildman–Crippen LogP) is 2.75. The molecule has 2 aromatic rings. The number of nitrogens with two attached hydrogens (primary N) is 1. The number of hydrogen-bond acceptors (Lipinski definition) is 3. The summed E-state index contributed by atoms with van der Waals surface area (Å²) in [7, 11) is 0. The van der Waals surface area contributed by atoms with Crippen molar-refractivity contribution in [2.75, 3.05) is 13.2 Å². The van der Waals surface area contributed by atoms with Gasteiger partial charge in [-0.25, -0.2) is 4.39 Å². The summed E-state index contributed by atoms with van der Waals surface area (Å²) < 4.78 is 19.3. The van der Waals surface area contributed by atoms with Crippen LogP contribution >= 0.6 is 0 Å². The van der Waals surface area contributed by atoms with Gasteiger partial charge in [-0.3, -0.25) is 0 Å². The van der Waals surface area contributed by atoms with E-state index < -0.39 is 5.54 Å². The summed E-state index contributed by atoms with van der Waals surface area (Å²) in [4.78, 5) is 0. The van der Waals surface area contributed by atoms with Gasteiger partial charge in [-0.15, -0.1) is 0 Å². The molecule has 1 unspecified atom stereocenters. The number of aryl methyl sites for hydroxylation is 1. The fourth-order valence-electron chi connectivity index (χ4n) is 2.16. The highest BCUT2D eigenvalue weighted by atomic mass is 19.1. The minimum absolute atomic E-state index is 0.198. The molecule has 0 spiro atoms. The molecule has 1 atom stereocenters. The van der Waals surface area contributed by atoms with E-state index in [9.17, 15) is 9.50 Å². The Kier molecular flexibility index (Phi) is 4.94. The van der Waals surface area contributed by atoms with Crippen molar-refractivity contribution in [3.05, 3.63) is 65.5 Å². The second-order valence-corrected chi connectivity index (χ2v) is 5.17. The largest absolute Gasteiger partial charge is 0.490 e. The van der Waals surface area contributed by atoms with Gasteiger partial charge in [-0.05, 0) is 24.1 Å². The molecule has 0 aliphatic heterocycles. The number of aliphatic hydroxyl groups excluding tert-OH is 1. The molecular weight excluding hydrogens is 269 g/mol. The smallest absolute Gasteiger partial charge is 0.167 e.